The van der Waals surface area contributed by atoms with Gasteiger partial charge in [-0.15, -0.1) is 0 Å². The van der Waals surface area contributed by atoms with Gasteiger partial charge in [0, 0.05) is 23.5 Å². The molecule has 0 saturated carbocycles. The van der Waals surface area contributed by atoms with Crippen molar-refractivity contribution in [3.8, 4) is 5.69 Å². The van der Waals surface area contributed by atoms with Crippen LogP contribution in [0.4, 0.5) is 0 Å². The van der Waals surface area contributed by atoms with Gasteiger partial charge in [0.2, 0.25) is 5.91 Å². The smallest absolute Gasteiger partial charge is 0.225 e. The number of rotatable bonds is 3. The maximum atomic E-state index is 12.0. The van der Waals surface area contributed by atoms with Crippen molar-refractivity contribution in [3.63, 3.8) is 0 Å². The van der Waals surface area contributed by atoms with Crippen LogP contribution in [0.2, 0.25) is 0 Å². The van der Waals surface area contributed by atoms with Crippen LogP contribution in [-0.2, 0) is 4.79 Å². The standard InChI is InChI=1S/C16H21N3O/c1-12(18-15(20)16(2,3)4)13-5-7-14(8-6-13)19-10-9-17-11-19/h5-12H,1-4H3,(H,18,20)/t12-/m1/s1. The minimum absolute atomic E-state index is 0.00133. The van der Waals surface area contributed by atoms with Gasteiger partial charge in [-0.3, -0.25) is 4.79 Å². The van der Waals surface area contributed by atoms with E-state index in [9.17, 15) is 4.79 Å². The van der Waals surface area contributed by atoms with Gasteiger partial charge in [0.1, 0.15) is 0 Å². The summed E-state index contributed by atoms with van der Waals surface area (Å²) in [6.45, 7) is 7.74. The lowest BCUT2D eigenvalue weighted by molar-refractivity contribution is -0.129. The first-order valence-corrected chi connectivity index (χ1v) is 6.77. The molecule has 1 aromatic carbocycles. The molecule has 4 nitrogen and oxygen atoms in total. The fourth-order valence-electron chi connectivity index (χ4n) is 1.84. The van der Waals surface area contributed by atoms with Gasteiger partial charge in [0.25, 0.3) is 0 Å². The van der Waals surface area contributed by atoms with Crippen LogP contribution < -0.4 is 5.32 Å². The van der Waals surface area contributed by atoms with Gasteiger partial charge in [-0.1, -0.05) is 32.9 Å². The molecule has 20 heavy (non-hydrogen) atoms. The summed E-state index contributed by atoms with van der Waals surface area (Å²) in [5.41, 5.74) is 1.78. The molecule has 106 valence electrons. The average molecular weight is 271 g/mol. The van der Waals surface area contributed by atoms with E-state index in [1.807, 2.05) is 62.7 Å². The minimum atomic E-state index is -0.370. The molecule has 0 radical (unpaired) electrons. The number of benzene rings is 1. The SMILES string of the molecule is C[C@@H](NC(=O)C(C)(C)C)c1ccc(-n2ccnc2)cc1. The third kappa shape index (κ3) is 3.26. The predicted molar refractivity (Wildman–Crippen MR) is 79.6 cm³/mol. The van der Waals surface area contributed by atoms with Crippen molar-refractivity contribution in [2.45, 2.75) is 33.7 Å². The van der Waals surface area contributed by atoms with E-state index in [1.165, 1.54) is 0 Å². The molecule has 1 aromatic heterocycles. The second-order valence-electron chi connectivity index (χ2n) is 6.01. The molecule has 0 saturated heterocycles. The molecule has 1 heterocycles. The van der Waals surface area contributed by atoms with Crippen LogP contribution in [0, 0.1) is 5.41 Å². The van der Waals surface area contributed by atoms with Gasteiger partial charge in [-0.2, -0.15) is 0 Å². The van der Waals surface area contributed by atoms with Crippen molar-refractivity contribution in [3.05, 3.63) is 48.5 Å². The van der Waals surface area contributed by atoms with Gasteiger partial charge >= 0.3 is 0 Å². The summed E-state index contributed by atoms with van der Waals surface area (Å²) in [6.07, 6.45) is 5.42. The molecular weight excluding hydrogens is 250 g/mol. The summed E-state index contributed by atoms with van der Waals surface area (Å²) >= 11 is 0. The molecule has 0 unspecified atom stereocenters. The molecular formula is C16H21N3O. The maximum absolute atomic E-state index is 12.0. The summed E-state index contributed by atoms with van der Waals surface area (Å²) in [5, 5.41) is 3.03. The first kappa shape index (κ1) is 14.3. The van der Waals surface area contributed by atoms with E-state index in [1.54, 1.807) is 12.5 Å². The second kappa shape index (κ2) is 5.49. The van der Waals surface area contributed by atoms with Crippen molar-refractivity contribution in [1.82, 2.24) is 14.9 Å². The Kier molecular flexibility index (Phi) is 3.93. The van der Waals surface area contributed by atoms with Crippen LogP contribution in [0.5, 0.6) is 0 Å². The highest BCUT2D eigenvalue weighted by molar-refractivity contribution is 5.81. The molecule has 0 aliphatic carbocycles. The number of nitrogens with one attached hydrogen (secondary N) is 1. The zero-order chi connectivity index (χ0) is 14.8. The highest BCUT2D eigenvalue weighted by Crippen LogP contribution is 2.19. The normalized spacial score (nSPS) is 13.0. The molecule has 0 aliphatic heterocycles. The van der Waals surface area contributed by atoms with E-state index >= 15 is 0 Å². The summed E-state index contributed by atoms with van der Waals surface area (Å²) < 4.78 is 1.95. The fraction of sp³-hybridized carbons (Fsp3) is 0.375. The summed E-state index contributed by atoms with van der Waals surface area (Å²) in [6, 6.07) is 8.11. The van der Waals surface area contributed by atoms with Crippen LogP contribution in [-0.4, -0.2) is 15.5 Å². The number of nitrogens with zero attached hydrogens (tertiary/aromatic N) is 2. The van der Waals surface area contributed by atoms with E-state index < -0.39 is 0 Å². The quantitative estimate of drug-likeness (QED) is 0.932. The molecule has 1 N–H and O–H groups in total. The molecule has 1 amide bonds. The number of hydrogen-bond acceptors (Lipinski definition) is 2. The molecule has 4 heteroatoms. The molecule has 0 aliphatic rings. The molecule has 0 fully saturated rings. The minimum Gasteiger partial charge on any atom is -0.349 e. The number of carbonyl (C=O) groups excluding carboxylic acids is 1. The lowest BCUT2D eigenvalue weighted by Gasteiger charge is -2.22. The van der Waals surface area contributed by atoms with Crippen molar-refractivity contribution >= 4 is 5.91 Å². The third-order valence-corrected chi connectivity index (χ3v) is 3.22. The van der Waals surface area contributed by atoms with E-state index in [4.69, 9.17) is 0 Å². The number of imidazole rings is 1. The Morgan fingerprint density at radius 1 is 1.25 bits per heavy atom. The van der Waals surface area contributed by atoms with E-state index in [0.717, 1.165) is 11.3 Å². The van der Waals surface area contributed by atoms with Gasteiger partial charge in [-0.05, 0) is 24.6 Å². The van der Waals surface area contributed by atoms with E-state index in [0.29, 0.717) is 0 Å². The first-order chi connectivity index (χ1) is 9.38. The lowest BCUT2D eigenvalue weighted by Crippen LogP contribution is -2.36. The van der Waals surface area contributed by atoms with E-state index in [-0.39, 0.29) is 17.4 Å². The van der Waals surface area contributed by atoms with E-state index in [2.05, 4.69) is 10.3 Å². The van der Waals surface area contributed by atoms with Crippen LogP contribution in [0.15, 0.2) is 43.0 Å². The largest absolute Gasteiger partial charge is 0.349 e. The highest BCUT2D eigenvalue weighted by Gasteiger charge is 2.22. The summed E-state index contributed by atoms with van der Waals surface area (Å²) in [7, 11) is 0. The average Bonchev–Trinajstić information content (AvgIpc) is 2.91. The zero-order valence-electron chi connectivity index (χ0n) is 12.4. The Labute approximate surface area is 119 Å². The number of carbonyl (C=O) groups is 1. The van der Waals surface area contributed by atoms with Gasteiger partial charge < -0.3 is 9.88 Å². The molecule has 0 spiro atoms. The van der Waals surface area contributed by atoms with Crippen LogP contribution >= 0.6 is 0 Å². The zero-order valence-corrected chi connectivity index (χ0v) is 12.4. The number of hydrogen-bond donors (Lipinski definition) is 1. The van der Waals surface area contributed by atoms with Crippen molar-refractivity contribution in [2.24, 2.45) is 5.41 Å². The summed E-state index contributed by atoms with van der Waals surface area (Å²) in [5.74, 6) is 0.0590. The molecule has 2 rings (SSSR count). The Morgan fingerprint density at radius 2 is 1.90 bits per heavy atom. The third-order valence-electron chi connectivity index (χ3n) is 3.22. The van der Waals surface area contributed by atoms with Gasteiger partial charge in [0.15, 0.2) is 0 Å². The Hall–Kier alpha value is -2.10. The van der Waals surface area contributed by atoms with Crippen molar-refractivity contribution in [1.29, 1.82) is 0 Å². The maximum Gasteiger partial charge on any atom is 0.225 e. The topological polar surface area (TPSA) is 46.9 Å². The lowest BCUT2D eigenvalue weighted by atomic mass is 9.94. The van der Waals surface area contributed by atoms with Crippen molar-refractivity contribution in [2.75, 3.05) is 0 Å². The molecule has 2 aromatic rings. The number of aromatic nitrogens is 2. The van der Waals surface area contributed by atoms with Gasteiger partial charge in [0.05, 0.1) is 12.4 Å². The Bertz CT molecular complexity index is 565. The first-order valence-electron chi connectivity index (χ1n) is 6.77. The Balaban J connectivity index is 2.08. The molecule has 1 atom stereocenters. The van der Waals surface area contributed by atoms with Crippen LogP contribution in [0.25, 0.3) is 5.69 Å². The van der Waals surface area contributed by atoms with Crippen LogP contribution in [0.3, 0.4) is 0 Å². The highest BCUT2D eigenvalue weighted by atomic mass is 16.2. The second-order valence-corrected chi connectivity index (χ2v) is 6.01. The number of amides is 1. The molecule has 0 bridgehead atoms. The predicted octanol–water partition coefficient (Wildman–Crippen LogP) is 3.10. The van der Waals surface area contributed by atoms with Gasteiger partial charge in [-0.25, -0.2) is 4.98 Å². The summed E-state index contributed by atoms with van der Waals surface area (Å²) in [4.78, 5) is 16.0. The fourth-order valence-corrected chi connectivity index (χ4v) is 1.84. The van der Waals surface area contributed by atoms with Crippen molar-refractivity contribution < 1.29 is 4.79 Å². The Morgan fingerprint density at radius 3 is 2.40 bits per heavy atom. The monoisotopic (exact) mass is 271 g/mol. The van der Waals surface area contributed by atoms with Crippen LogP contribution in [0.1, 0.15) is 39.3 Å².